The van der Waals surface area contributed by atoms with Gasteiger partial charge in [0, 0.05) is 69.6 Å². The third-order valence-electron chi connectivity index (χ3n) is 9.56. The van der Waals surface area contributed by atoms with Gasteiger partial charge in [-0.25, -0.2) is 0 Å². The molecule has 308 valence electrons. The SMILES string of the molecule is C=C1NC(=O)C(C)=C1C.C=C1ONC(=O)C(C)=C1C.CC1=C(C)C(=O)NC(=O)C1.CC1=C(C)C(=O)NC(=O)C1.CC1=C(C)C(=O)NC1.Cc1c(C)c(=O)[nH][nH]c1=O. The Morgan fingerprint density at radius 2 is 0.825 bits per heavy atom. The van der Waals surface area contributed by atoms with E-state index in [9.17, 15) is 43.2 Å². The highest BCUT2D eigenvalue weighted by atomic mass is 16.7. The second-order valence-electron chi connectivity index (χ2n) is 13.6. The van der Waals surface area contributed by atoms with Crippen molar-refractivity contribution in [2.24, 2.45) is 0 Å². The van der Waals surface area contributed by atoms with Crippen LogP contribution in [0.15, 0.2) is 89.9 Å². The van der Waals surface area contributed by atoms with E-state index in [1.54, 1.807) is 62.3 Å². The summed E-state index contributed by atoms with van der Waals surface area (Å²) in [6, 6.07) is 0. The molecule has 0 radical (unpaired) electrons. The van der Waals surface area contributed by atoms with E-state index in [0.717, 1.165) is 51.3 Å². The predicted molar refractivity (Wildman–Crippen MR) is 213 cm³/mol. The molecule has 0 saturated heterocycles. The standard InChI is InChI=1S/3C7H9NO2.C7H9NO.C6H8N2O2.C6H9NO/c1-4-5(2)7(9)8-10-6(4)3;2*1-4-3-6(9)8-7(10)5(4)2;1-4-5(2)7(9)8-6(4)3;1-3-4(2)6(10)8-7-5(3)9;1-4-3-7-6(8)5(4)2/h3H2,1-2H3,(H,8,9);2*3H2,1-2H3,(H,8,9,10);3H2,1-2H3,(H,8,9);1-2H3,(H,7,9)(H,8,10);3H2,1-2H3,(H,7,8). The van der Waals surface area contributed by atoms with Crippen LogP contribution in [0.5, 0.6) is 0 Å². The molecule has 1 aromatic rings. The van der Waals surface area contributed by atoms with Gasteiger partial charge in [-0.3, -0.25) is 64.0 Å². The highest BCUT2D eigenvalue weighted by Crippen LogP contribution is 2.18. The van der Waals surface area contributed by atoms with E-state index < -0.39 is 0 Å². The maximum atomic E-state index is 10.8. The fourth-order valence-electron chi connectivity index (χ4n) is 4.34. The average Bonchev–Trinajstić information content (AvgIpc) is 3.57. The number of allylic oxidation sites excluding steroid dienone is 2. The molecule has 7 amide bonds. The summed E-state index contributed by atoms with van der Waals surface area (Å²) in [5.41, 5.74) is 11.8. The second-order valence-corrected chi connectivity index (χ2v) is 13.6. The van der Waals surface area contributed by atoms with Gasteiger partial charge in [0.2, 0.25) is 17.7 Å². The zero-order valence-corrected chi connectivity index (χ0v) is 34.6. The zero-order chi connectivity index (χ0) is 44.1. The minimum absolute atomic E-state index is 0.0162. The Morgan fingerprint density at radius 1 is 0.439 bits per heavy atom. The van der Waals surface area contributed by atoms with Crippen molar-refractivity contribution in [2.75, 3.05) is 6.54 Å². The number of hydroxylamine groups is 1. The van der Waals surface area contributed by atoms with Crippen molar-refractivity contribution in [1.29, 1.82) is 0 Å². The van der Waals surface area contributed by atoms with Gasteiger partial charge in [0.15, 0.2) is 5.76 Å². The van der Waals surface area contributed by atoms with Crippen molar-refractivity contribution < 1.29 is 38.4 Å². The van der Waals surface area contributed by atoms with Gasteiger partial charge in [0.1, 0.15) is 0 Å². The Kier molecular flexibility index (Phi) is 18.2. The Bertz CT molecular complexity index is 2060. The van der Waals surface area contributed by atoms with Gasteiger partial charge >= 0.3 is 0 Å². The molecule has 0 bridgehead atoms. The van der Waals surface area contributed by atoms with Crippen LogP contribution in [0.3, 0.4) is 0 Å². The van der Waals surface area contributed by atoms with Gasteiger partial charge in [-0.05, 0) is 94.2 Å². The van der Waals surface area contributed by atoms with Gasteiger partial charge in [-0.15, -0.1) is 0 Å². The van der Waals surface area contributed by atoms with Gasteiger partial charge in [-0.2, -0.15) is 5.48 Å². The first-order chi connectivity index (χ1) is 26.3. The van der Waals surface area contributed by atoms with Crippen molar-refractivity contribution >= 4 is 41.4 Å². The maximum absolute atomic E-state index is 10.8. The van der Waals surface area contributed by atoms with E-state index in [2.05, 4.69) is 50.1 Å². The molecule has 0 aromatic carbocycles. The Hall–Kier alpha value is -6.65. The van der Waals surface area contributed by atoms with E-state index in [4.69, 9.17) is 4.84 Å². The molecule has 7 N–H and O–H groups in total. The van der Waals surface area contributed by atoms with E-state index in [-0.39, 0.29) is 52.5 Å². The van der Waals surface area contributed by atoms with Gasteiger partial charge in [0.25, 0.3) is 34.7 Å². The molecule has 17 nitrogen and oxygen atoms in total. The van der Waals surface area contributed by atoms with Gasteiger partial charge in [-0.1, -0.05) is 24.3 Å². The predicted octanol–water partition coefficient (Wildman–Crippen LogP) is 2.74. The molecule has 5 aliphatic heterocycles. The van der Waals surface area contributed by atoms with Crippen LogP contribution in [0.1, 0.15) is 93.2 Å². The number of aromatic amines is 2. The lowest BCUT2D eigenvalue weighted by molar-refractivity contribution is -0.130. The smallest absolute Gasteiger partial charge is 0.279 e. The third kappa shape index (κ3) is 14.2. The summed E-state index contributed by atoms with van der Waals surface area (Å²) in [7, 11) is 0. The number of carbonyl (C=O) groups is 7. The first kappa shape index (κ1) is 48.4. The minimum atomic E-state index is -0.256. The Morgan fingerprint density at radius 3 is 1.09 bits per heavy atom. The summed E-state index contributed by atoms with van der Waals surface area (Å²) < 4.78 is 0. The third-order valence-corrected chi connectivity index (χ3v) is 9.56. The number of amides is 7. The fourth-order valence-corrected chi connectivity index (χ4v) is 4.34. The summed E-state index contributed by atoms with van der Waals surface area (Å²) in [4.78, 5) is 101. The van der Waals surface area contributed by atoms with Crippen LogP contribution >= 0.6 is 0 Å². The number of carbonyl (C=O) groups excluding carboxylic acids is 7. The van der Waals surface area contributed by atoms with Crippen LogP contribution in [0.25, 0.3) is 0 Å². The quantitative estimate of drug-likeness (QED) is 0.189. The zero-order valence-electron chi connectivity index (χ0n) is 34.6. The number of rotatable bonds is 0. The lowest BCUT2D eigenvalue weighted by Gasteiger charge is -2.17. The molecule has 0 aliphatic carbocycles. The number of aromatic nitrogens is 2. The summed E-state index contributed by atoms with van der Waals surface area (Å²) >= 11 is 0. The largest absolute Gasteiger partial charge is 0.380 e. The molecular weight excluding hydrogens is 738 g/mol. The lowest BCUT2D eigenvalue weighted by Crippen LogP contribution is -2.35. The molecule has 0 spiro atoms. The molecule has 6 heterocycles. The molecule has 1 aromatic heterocycles. The summed E-state index contributed by atoms with van der Waals surface area (Å²) in [6.45, 7) is 29.3. The normalized spacial score (nSPS) is 17.5. The summed E-state index contributed by atoms with van der Waals surface area (Å²) in [5, 5.41) is 14.2. The number of hydrogen-bond donors (Lipinski definition) is 7. The van der Waals surface area contributed by atoms with E-state index in [1.807, 2.05) is 20.8 Å². The Balaban J connectivity index is 0.000000343. The van der Waals surface area contributed by atoms with Gasteiger partial charge < -0.3 is 15.5 Å². The number of H-pyrrole nitrogens is 2. The topological polar surface area (TPSA) is 255 Å². The van der Waals surface area contributed by atoms with Crippen LogP contribution in [0.2, 0.25) is 0 Å². The lowest BCUT2D eigenvalue weighted by atomic mass is 10.0. The molecule has 6 rings (SSSR count). The highest BCUT2D eigenvalue weighted by Gasteiger charge is 2.20. The maximum Gasteiger partial charge on any atom is 0.279 e. The monoisotopic (exact) mass is 791 g/mol. The molecule has 0 saturated carbocycles. The van der Waals surface area contributed by atoms with E-state index in [1.165, 1.54) is 0 Å². The minimum Gasteiger partial charge on any atom is -0.380 e. The second kappa shape index (κ2) is 21.4. The van der Waals surface area contributed by atoms with Crippen molar-refractivity contribution in [3.8, 4) is 0 Å². The van der Waals surface area contributed by atoms with Crippen LogP contribution in [-0.2, 0) is 38.4 Å². The van der Waals surface area contributed by atoms with Crippen LogP contribution in [0.4, 0.5) is 0 Å². The van der Waals surface area contributed by atoms with Crippen molar-refractivity contribution in [1.82, 2.24) is 36.9 Å². The van der Waals surface area contributed by atoms with E-state index in [0.29, 0.717) is 46.4 Å². The number of imide groups is 2. The van der Waals surface area contributed by atoms with Gasteiger partial charge in [0.05, 0.1) is 0 Å². The fraction of sp³-hybridized carbons (Fsp3) is 0.375. The van der Waals surface area contributed by atoms with E-state index >= 15 is 0 Å². The van der Waals surface area contributed by atoms with Crippen molar-refractivity contribution in [3.05, 3.63) is 112 Å². The number of nitrogens with one attached hydrogen (secondary N) is 7. The van der Waals surface area contributed by atoms with Crippen LogP contribution < -0.4 is 37.9 Å². The molecule has 0 fully saturated rings. The molecule has 0 atom stereocenters. The molecular formula is C40H53N7O10. The first-order valence-corrected chi connectivity index (χ1v) is 17.6. The number of hydrogen-bond acceptors (Lipinski definition) is 10. The first-order valence-electron chi connectivity index (χ1n) is 17.6. The molecule has 57 heavy (non-hydrogen) atoms. The molecule has 5 aliphatic rings. The average molecular weight is 792 g/mol. The van der Waals surface area contributed by atoms with Crippen LogP contribution in [-0.4, -0.2) is 58.1 Å². The van der Waals surface area contributed by atoms with Crippen molar-refractivity contribution in [3.63, 3.8) is 0 Å². The summed E-state index contributed by atoms with van der Waals surface area (Å²) in [6.07, 6.45) is 0.717. The van der Waals surface area contributed by atoms with Crippen molar-refractivity contribution in [2.45, 2.75) is 95.9 Å². The Labute approximate surface area is 330 Å². The summed E-state index contributed by atoms with van der Waals surface area (Å²) in [5.74, 6) is -0.522. The highest BCUT2D eigenvalue weighted by molar-refractivity contribution is 6.08. The van der Waals surface area contributed by atoms with Crippen LogP contribution in [0, 0.1) is 13.8 Å². The molecule has 17 heteroatoms. The molecule has 0 unspecified atom stereocenters.